The molecular weight excluding hydrogens is 264 g/mol. The van der Waals surface area contributed by atoms with Gasteiger partial charge in [-0.05, 0) is 54.7 Å². The van der Waals surface area contributed by atoms with Gasteiger partial charge in [-0.15, -0.1) is 0 Å². The summed E-state index contributed by atoms with van der Waals surface area (Å²) in [4.78, 5) is 0. The Balaban J connectivity index is 1.96. The van der Waals surface area contributed by atoms with E-state index in [9.17, 15) is 0 Å². The molecule has 0 saturated heterocycles. The second-order valence-corrected chi connectivity index (χ2v) is 5.85. The summed E-state index contributed by atoms with van der Waals surface area (Å²) in [6, 6.07) is 17.3. The van der Waals surface area contributed by atoms with Gasteiger partial charge in [0.05, 0.1) is 0 Å². The summed E-state index contributed by atoms with van der Waals surface area (Å²) in [5, 5.41) is 0. The van der Waals surface area contributed by atoms with E-state index in [2.05, 4.69) is 74.2 Å². The predicted octanol–water partition coefficient (Wildman–Crippen LogP) is 5.77. The first kappa shape index (κ1) is 16.4. The van der Waals surface area contributed by atoms with Crippen LogP contribution in [0, 0.1) is 11.8 Å². The van der Waals surface area contributed by atoms with E-state index in [-0.39, 0.29) is 0 Å². The topological polar surface area (TPSA) is 0 Å². The van der Waals surface area contributed by atoms with Gasteiger partial charge < -0.3 is 0 Å². The lowest BCUT2D eigenvalue weighted by molar-refractivity contribution is 0.717. The van der Waals surface area contributed by atoms with Crippen LogP contribution in [-0.4, -0.2) is 0 Å². The maximum atomic E-state index is 3.26. The second kappa shape index (κ2) is 9.11. The molecule has 0 heterocycles. The van der Waals surface area contributed by atoms with E-state index in [1.807, 2.05) is 0 Å². The number of benzene rings is 2. The average Bonchev–Trinajstić information content (AvgIpc) is 2.56. The van der Waals surface area contributed by atoms with Crippen LogP contribution in [0.2, 0.25) is 0 Å². The van der Waals surface area contributed by atoms with Crippen molar-refractivity contribution in [1.82, 2.24) is 0 Å². The van der Waals surface area contributed by atoms with Crippen molar-refractivity contribution in [3.8, 4) is 11.8 Å². The summed E-state index contributed by atoms with van der Waals surface area (Å²) in [6.07, 6.45) is 7.39. The van der Waals surface area contributed by atoms with Gasteiger partial charge in [-0.3, -0.25) is 0 Å². The molecule has 0 heteroatoms. The summed E-state index contributed by atoms with van der Waals surface area (Å²) in [5.41, 5.74) is 5.00. The number of hydrogen-bond donors (Lipinski definition) is 0. The van der Waals surface area contributed by atoms with Gasteiger partial charge in [-0.25, -0.2) is 0 Å². The van der Waals surface area contributed by atoms with Gasteiger partial charge in [-0.2, -0.15) is 0 Å². The third-order valence-electron chi connectivity index (χ3n) is 3.87. The van der Waals surface area contributed by atoms with E-state index >= 15 is 0 Å². The van der Waals surface area contributed by atoms with Crippen molar-refractivity contribution in [2.24, 2.45) is 0 Å². The highest BCUT2D eigenvalue weighted by Crippen LogP contribution is 2.09. The molecule has 0 unspecified atom stereocenters. The third-order valence-corrected chi connectivity index (χ3v) is 3.87. The molecule has 0 atom stereocenters. The van der Waals surface area contributed by atoms with Gasteiger partial charge in [0.25, 0.3) is 0 Å². The molecule has 0 aromatic heterocycles. The summed E-state index contributed by atoms with van der Waals surface area (Å²) in [5.74, 6) is 6.51. The standard InChI is InChI=1S/C22H26/c1-3-5-6-8-20-11-15-22(16-12-20)18-17-21-13-9-19(7-4-2)10-14-21/h9-16H,3-8H2,1-2H3. The Kier molecular flexibility index (Phi) is 6.78. The van der Waals surface area contributed by atoms with Gasteiger partial charge >= 0.3 is 0 Å². The fraction of sp³-hybridized carbons (Fsp3) is 0.364. The van der Waals surface area contributed by atoms with Gasteiger partial charge in [0.1, 0.15) is 0 Å². The quantitative estimate of drug-likeness (QED) is 0.468. The Morgan fingerprint density at radius 3 is 1.55 bits per heavy atom. The van der Waals surface area contributed by atoms with Gasteiger partial charge in [-0.1, -0.05) is 69.2 Å². The second-order valence-electron chi connectivity index (χ2n) is 5.85. The summed E-state index contributed by atoms with van der Waals surface area (Å²) in [6.45, 7) is 4.45. The van der Waals surface area contributed by atoms with Crippen molar-refractivity contribution in [3.05, 3.63) is 70.8 Å². The van der Waals surface area contributed by atoms with Crippen molar-refractivity contribution in [3.63, 3.8) is 0 Å². The van der Waals surface area contributed by atoms with Crippen molar-refractivity contribution in [1.29, 1.82) is 0 Å². The minimum Gasteiger partial charge on any atom is -0.0654 e. The molecule has 2 aromatic rings. The monoisotopic (exact) mass is 290 g/mol. The van der Waals surface area contributed by atoms with Crippen molar-refractivity contribution >= 4 is 0 Å². The highest BCUT2D eigenvalue weighted by molar-refractivity contribution is 5.44. The summed E-state index contributed by atoms with van der Waals surface area (Å²) >= 11 is 0. The first-order chi connectivity index (χ1) is 10.8. The largest absolute Gasteiger partial charge is 0.0654 e. The first-order valence-corrected chi connectivity index (χ1v) is 8.51. The third kappa shape index (κ3) is 5.41. The maximum absolute atomic E-state index is 3.26. The van der Waals surface area contributed by atoms with Crippen LogP contribution in [-0.2, 0) is 12.8 Å². The van der Waals surface area contributed by atoms with Crippen LogP contribution in [0.4, 0.5) is 0 Å². The zero-order valence-corrected chi connectivity index (χ0v) is 13.9. The Labute approximate surface area is 135 Å². The van der Waals surface area contributed by atoms with Crippen molar-refractivity contribution < 1.29 is 0 Å². The molecule has 2 rings (SSSR count). The molecule has 114 valence electrons. The maximum Gasteiger partial charge on any atom is 0.0249 e. The molecule has 0 aliphatic heterocycles. The van der Waals surface area contributed by atoms with Crippen LogP contribution >= 0.6 is 0 Å². The molecule has 22 heavy (non-hydrogen) atoms. The summed E-state index contributed by atoms with van der Waals surface area (Å²) < 4.78 is 0. The number of aryl methyl sites for hydroxylation is 2. The van der Waals surface area contributed by atoms with E-state index in [1.54, 1.807) is 0 Å². The minimum absolute atomic E-state index is 1.09. The van der Waals surface area contributed by atoms with E-state index in [0.717, 1.165) is 17.5 Å². The lowest BCUT2D eigenvalue weighted by Crippen LogP contribution is -1.86. The lowest BCUT2D eigenvalue weighted by atomic mass is 10.0. The molecular formula is C22H26. The highest BCUT2D eigenvalue weighted by atomic mass is 14.0. The fourth-order valence-electron chi connectivity index (χ4n) is 2.52. The molecule has 0 amide bonds. The van der Waals surface area contributed by atoms with E-state index in [1.165, 1.54) is 43.2 Å². The molecule has 0 radical (unpaired) electrons. The smallest absolute Gasteiger partial charge is 0.0249 e. The van der Waals surface area contributed by atoms with Gasteiger partial charge in [0, 0.05) is 11.1 Å². The van der Waals surface area contributed by atoms with E-state index in [4.69, 9.17) is 0 Å². The predicted molar refractivity (Wildman–Crippen MR) is 96.1 cm³/mol. The zero-order chi connectivity index (χ0) is 15.6. The van der Waals surface area contributed by atoms with Crippen LogP contribution in [0.5, 0.6) is 0 Å². The molecule has 2 aromatic carbocycles. The van der Waals surface area contributed by atoms with E-state index in [0.29, 0.717) is 0 Å². The molecule has 0 aliphatic carbocycles. The van der Waals surface area contributed by atoms with Gasteiger partial charge in [0.2, 0.25) is 0 Å². The number of rotatable bonds is 6. The SMILES string of the molecule is CCCCCc1ccc(C#Cc2ccc(CCC)cc2)cc1. The van der Waals surface area contributed by atoms with Crippen LogP contribution in [0.15, 0.2) is 48.5 Å². The Hall–Kier alpha value is -2.00. The Bertz CT molecular complexity index is 606. The zero-order valence-electron chi connectivity index (χ0n) is 13.9. The highest BCUT2D eigenvalue weighted by Gasteiger charge is 1.94. The molecule has 0 spiro atoms. The number of hydrogen-bond acceptors (Lipinski definition) is 0. The molecule has 0 fully saturated rings. The fourth-order valence-corrected chi connectivity index (χ4v) is 2.52. The number of unbranched alkanes of at least 4 members (excludes halogenated alkanes) is 2. The lowest BCUT2D eigenvalue weighted by Gasteiger charge is -2.00. The summed E-state index contributed by atoms with van der Waals surface area (Å²) in [7, 11) is 0. The van der Waals surface area contributed by atoms with Crippen LogP contribution in [0.25, 0.3) is 0 Å². The average molecular weight is 290 g/mol. The van der Waals surface area contributed by atoms with Crippen molar-refractivity contribution in [2.75, 3.05) is 0 Å². The molecule has 0 N–H and O–H groups in total. The molecule has 0 nitrogen and oxygen atoms in total. The van der Waals surface area contributed by atoms with Gasteiger partial charge in [0.15, 0.2) is 0 Å². The van der Waals surface area contributed by atoms with Crippen LogP contribution in [0.1, 0.15) is 61.8 Å². The molecule has 0 bridgehead atoms. The minimum atomic E-state index is 1.09. The molecule has 0 aliphatic rings. The normalized spacial score (nSPS) is 10.1. The molecule has 0 saturated carbocycles. The Morgan fingerprint density at radius 2 is 1.09 bits per heavy atom. The van der Waals surface area contributed by atoms with E-state index < -0.39 is 0 Å². The Morgan fingerprint density at radius 1 is 0.591 bits per heavy atom. The van der Waals surface area contributed by atoms with Crippen molar-refractivity contribution in [2.45, 2.75) is 52.4 Å². The van der Waals surface area contributed by atoms with Crippen LogP contribution < -0.4 is 0 Å². The van der Waals surface area contributed by atoms with Crippen LogP contribution in [0.3, 0.4) is 0 Å². The first-order valence-electron chi connectivity index (χ1n) is 8.51.